The van der Waals surface area contributed by atoms with Crippen molar-refractivity contribution in [2.75, 3.05) is 13.2 Å². The largest absolute Gasteiger partial charge is 0.356 e. The highest BCUT2D eigenvalue weighted by molar-refractivity contribution is 5.07. The molecule has 1 nitrogen and oxygen atoms in total. The zero-order chi connectivity index (χ0) is 11.8. The van der Waals surface area contributed by atoms with Crippen LogP contribution in [0.2, 0.25) is 0 Å². The van der Waals surface area contributed by atoms with E-state index in [0.717, 1.165) is 0 Å². The minimum Gasteiger partial charge on any atom is -0.356 e. The highest BCUT2D eigenvalue weighted by atomic mass is 16.5. The van der Waals surface area contributed by atoms with Crippen LogP contribution >= 0.6 is 0 Å². The minimum absolute atomic E-state index is 0.551. The van der Waals surface area contributed by atoms with Gasteiger partial charge in [-0.1, -0.05) is 49.4 Å². The Bertz CT molecular complexity index is 290. The third-order valence-electron chi connectivity index (χ3n) is 3.67. The summed E-state index contributed by atoms with van der Waals surface area (Å²) in [5.74, 6) is 14.1. The molecule has 17 heavy (non-hydrogen) atoms. The number of hydrogen-bond acceptors (Lipinski definition) is 1. The normalized spacial score (nSPS) is 20.7. The molecule has 0 amide bonds. The van der Waals surface area contributed by atoms with Crippen LogP contribution in [0.15, 0.2) is 0 Å². The van der Waals surface area contributed by atoms with Crippen molar-refractivity contribution in [3.8, 4) is 23.7 Å². The maximum atomic E-state index is 5.41. The topological polar surface area (TPSA) is 9.23 Å². The molecular weight excluding hydrogens is 208 g/mol. The Balaban J connectivity index is 1.53. The van der Waals surface area contributed by atoms with Gasteiger partial charge in [-0.15, -0.1) is 0 Å². The molecule has 0 aromatic carbocycles. The van der Waals surface area contributed by atoms with Crippen LogP contribution in [0.1, 0.15) is 51.4 Å². The zero-order valence-electron chi connectivity index (χ0n) is 10.6. The summed E-state index contributed by atoms with van der Waals surface area (Å²) in [4.78, 5) is 0. The Labute approximate surface area is 105 Å². The number of hydrogen-bond donors (Lipinski definition) is 0. The van der Waals surface area contributed by atoms with Crippen LogP contribution in [-0.2, 0) is 4.74 Å². The SMILES string of the molecule is C(#CC1CCCC1)COCC#CC1CCCC1. The van der Waals surface area contributed by atoms with Crippen molar-refractivity contribution in [2.24, 2.45) is 11.8 Å². The van der Waals surface area contributed by atoms with Crippen molar-refractivity contribution >= 4 is 0 Å². The third-order valence-corrected chi connectivity index (χ3v) is 3.67. The summed E-state index contributed by atoms with van der Waals surface area (Å²) in [7, 11) is 0. The molecule has 0 aromatic rings. The summed E-state index contributed by atoms with van der Waals surface area (Å²) in [6, 6.07) is 0. The van der Waals surface area contributed by atoms with Gasteiger partial charge in [0.2, 0.25) is 0 Å². The van der Waals surface area contributed by atoms with E-state index in [1.165, 1.54) is 51.4 Å². The van der Waals surface area contributed by atoms with E-state index < -0.39 is 0 Å². The summed E-state index contributed by atoms with van der Waals surface area (Å²) >= 11 is 0. The van der Waals surface area contributed by atoms with E-state index in [9.17, 15) is 0 Å². The smallest absolute Gasteiger partial charge is 0.109 e. The molecule has 2 aliphatic rings. The lowest BCUT2D eigenvalue weighted by molar-refractivity contribution is 0.204. The Morgan fingerprint density at radius 3 is 1.53 bits per heavy atom. The third kappa shape index (κ3) is 4.84. The van der Waals surface area contributed by atoms with Gasteiger partial charge in [0.05, 0.1) is 0 Å². The van der Waals surface area contributed by atoms with Crippen LogP contribution in [0.25, 0.3) is 0 Å². The fourth-order valence-corrected chi connectivity index (χ4v) is 2.67. The van der Waals surface area contributed by atoms with Gasteiger partial charge >= 0.3 is 0 Å². The molecule has 2 saturated carbocycles. The summed E-state index contributed by atoms with van der Waals surface area (Å²) < 4.78 is 5.41. The van der Waals surface area contributed by atoms with Gasteiger partial charge in [0.25, 0.3) is 0 Å². The number of ether oxygens (including phenoxy) is 1. The molecule has 0 spiro atoms. The second-order valence-corrected chi connectivity index (χ2v) is 5.10. The van der Waals surface area contributed by atoms with E-state index >= 15 is 0 Å². The molecule has 0 aromatic heterocycles. The van der Waals surface area contributed by atoms with Crippen molar-refractivity contribution in [3.05, 3.63) is 0 Å². The van der Waals surface area contributed by atoms with Gasteiger partial charge in [0.1, 0.15) is 13.2 Å². The van der Waals surface area contributed by atoms with Gasteiger partial charge in [-0.2, -0.15) is 0 Å². The van der Waals surface area contributed by atoms with Crippen LogP contribution in [0.5, 0.6) is 0 Å². The van der Waals surface area contributed by atoms with E-state index in [4.69, 9.17) is 4.74 Å². The van der Waals surface area contributed by atoms with Gasteiger partial charge in [0.15, 0.2) is 0 Å². The highest BCUT2D eigenvalue weighted by Crippen LogP contribution is 2.24. The summed E-state index contributed by atoms with van der Waals surface area (Å²) in [6.07, 6.45) is 10.6. The fourth-order valence-electron chi connectivity index (χ4n) is 2.67. The molecule has 0 radical (unpaired) electrons. The second-order valence-electron chi connectivity index (χ2n) is 5.10. The molecule has 0 aliphatic heterocycles. The molecule has 0 bridgehead atoms. The van der Waals surface area contributed by atoms with Gasteiger partial charge in [-0.3, -0.25) is 0 Å². The Hall–Kier alpha value is -0.920. The first-order chi connectivity index (χ1) is 8.45. The quantitative estimate of drug-likeness (QED) is 0.522. The van der Waals surface area contributed by atoms with E-state index in [1.807, 2.05) is 0 Å². The van der Waals surface area contributed by atoms with Crippen molar-refractivity contribution in [1.29, 1.82) is 0 Å². The molecule has 0 unspecified atom stereocenters. The molecule has 1 heteroatoms. The lowest BCUT2D eigenvalue weighted by Crippen LogP contribution is -1.94. The minimum atomic E-state index is 0.551. The molecule has 0 saturated heterocycles. The predicted molar refractivity (Wildman–Crippen MR) is 70.3 cm³/mol. The van der Waals surface area contributed by atoms with Crippen molar-refractivity contribution in [2.45, 2.75) is 51.4 Å². The number of rotatable bonds is 2. The first-order valence-corrected chi connectivity index (χ1v) is 6.99. The van der Waals surface area contributed by atoms with Crippen LogP contribution < -0.4 is 0 Å². The Morgan fingerprint density at radius 1 is 0.706 bits per heavy atom. The van der Waals surface area contributed by atoms with Gasteiger partial charge < -0.3 is 4.74 Å². The Kier molecular flexibility index (Phi) is 5.47. The zero-order valence-corrected chi connectivity index (χ0v) is 10.6. The molecule has 2 aliphatic carbocycles. The van der Waals surface area contributed by atoms with Crippen LogP contribution in [0.3, 0.4) is 0 Å². The maximum absolute atomic E-state index is 5.41. The fraction of sp³-hybridized carbons (Fsp3) is 0.750. The average molecular weight is 230 g/mol. The molecule has 0 heterocycles. The van der Waals surface area contributed by atoms with Gasteiger partial charge in [0, 0.05) is 11.8 Å². The standard InChI is InChI=1S/C16H22O/c1-2-8-15(7-1)11-5-13-17-14-6-12-16-9-3-4-10-16/h15-16H,1-4,7-10,13-14H2. The lowest BCUT2D eigenvalue weighted by atomic mass is 10.1. The maximum Gasteiger partial charge on any atom is 0.109 e. The molecule has 2 rings (SSSR count). The molecule has 2 fully saturated rings. The van der Waals surface area contributed by atoms with Crippen LogP contribution in [-0.4, -0.2) is 13.2 Å². The molecular formula is C16H22O. The van der Waals surface area contributed by atoms with Gasteiger partial charge in [-0.25, -0.2) is 0 Å². The summed E-state index contributed by atoms with van der Waals surface area (Å²) in [5, 5.41) is 0. The first kappa shape index (κ1) is 12.5. The van der Waals surface area contributed by atoms with Crippen molar-refractivity contribution in [1.82, 2.24) is 0 Å². The Morgan fingerprint density at radius 2 is 1.12 bits per heavy atom. The lowest BCUT2D eigenvalue weighted by Gasteiger charge is -1.96. The van der Waals surface area contributed by atoms with E-state index in [-0.39, 0.29) is 0 Å². The average Bonchev–Trinajstić information content (AvgIpc) is 3.00. The van der Waals surface area contributed by atoms with E-state index in [1.54, 1.807) is 0 Å². The molecule has 0 N–H and O–H groups in total. The van der Waals surface area contributed by atoms with Crippen LogP contribution in [0, 0.1) is 35.5 Å². The monoisotopic (exact) mass is 230 g/mol. The summed E-state index contributed by atoms with van der Waals surface area (Å²) in [5.41, 5.74) is 0. The van der Waals surface area contributed by atoms with Crippen molar-refractivity contribution in [3.63, 3.8) is 0 Å². The second kappa shape index (κ2) is 7.41. The highest BCUT2D eigenvalue weighted by Gasteiger charge is 2.11. The first-order valence-electron chi connectivity index (χ1n) is 6.99. The summed E-state index contributed by atoms with van der Waals surface area (Å²) in [6.45, 7) is 1.10. The predicted octanol–water partition coefficient (Wildman–Crippen LogP) is 3.39. The molecule has 92 valence electrons. The van der Waals surface area contributed by atoms with Crippen molar-refractivity contribution < 1.29 is 4.74 Å². The van der Waals surface area contributed by atoms with Gasteiger partial charge in [-0.05, 0) is 25.7 Å². The molecule has 0 atom stereocenters. The van der Waals surface area contributed by atoms with Crippen LogP contribution in [0.4, 0.5) is 0 Å². The van der Waals surface area contributed by atoms with E-state index in [2.05, 4.69) is 23.7 Å². The van der Waals surface area contributed by atoms with E-state index in [0.29, 0.717) is 25.0 Å².